The van der Waals surface area contributed by atoms with Crippen molar-refractivity contribution in [3.63, 3.8) is 0 Å². The number of nitrogens with two attached hydrogens (primary N) is 1. The largest absolute Gasteiger partial charge is 0.399 e. The van der Waals surface area contributed by atoms with Crippen LogP contribution in [0.4, 0.5) is 5.69 Å². The normalized spacial score (nSPS) is 19.0. The summed E-state index contributed by atoms with van der Waals surface area (Å²) in [5.74, 6) is 1.83. The van der Waals surface area contributed by atoms with Gasteiger partial charge in [-0.15, -0.1) is 0 Å². The van der Waals surface area contributed by atoms with Crippen LogP contribution in [-0.4, -0.2) is 9.55 Å². The quantitative estimate of drug-likeness (QED) is 0.761. The molecule has 1 aromatic heterocycles. The van der Waals surface area contributed by atoms with E-state index in [1.807, 2.05) is 24.4 Å². The third-order valence-corrected chi connectivity index (χ3v) is 3.49. The number of imidazole rings is 1. The first kappa shape index (κ1) is 10.4. The number of anilines is 1. The molecule has 0 amide bonds. The molecular formula is C14H17N3. The first-order valence-corrected chi connectivity index (χ1v) is 6.14. The molecule has 0 bridgehead atoms. The van der Waals surface area contributed by atoms with Gasteiger partial charge in [0.2, 0.25) is 0 Å². The topological polar surface area (TPSA) is 43.8 Å². The molecule has 2 N–H and O–H groups in total. The van der Waals surface area contributed by atoms with E-state index in [4.69, 9.17) is 5.73 Å². The first-order valence-electron chi connectivity index (χ1n) is 6.14. The Hall–Kier alpha value is -1.77. The van der Waals surface area contributed by atoms with Crippen LogP contribution in [-0.2, 0) is 13.0 Å². The molecule has 3 rings (SSSR count). The molecule has 0 aliphatic carbocycles. The summed E-state index contributed by atoms with van der Waals surface area (Å²) >= 11 is 0. The van der Waals surface area contributed by atoms with Gasteiger partial charge in [0.1, 0.15) is 5.82 Å². The van der Waals surface area contributed by atoms with E-state index in [1.165, 1.54) is 12.1 Å². The van der Waals surface area contributed by atoms with E-state index in [-0.39, 0.29) is 0 Å². The van der Waals surface area contributed by atoms with Gasteiger partial charge in [-0.3, -0.25) is 0 Å². The van der Waals surface area contributed by atoms with Crippen LogP contribution in [0, 0.1) is 5.92 Å². The van der Waals surface area contributed by atoms with Crippen molar-refractivity contribution in [2.45, 2.75) is 26.3 Å². The fourth-order valence-corrected chi connectivity index (χ4v) is 2.54. The first-order chi connectivity index (χ1) is 8.24. The zero-order valence-corrected chi connectivity index (χ0v) is 10.1. The van der Waals surface area contributed by atoms with E-state index >= 15 is 0 Å². The Morgan fingerprint density at radius 2 is 2.29 bits per heavy atom. The lowest BCUT2D eigenvalue weighted by molar-refractivity contribution is 0.419. The van der Waals surface area contributed by atoms with Crippen LogP contribution >= 0.6 is 0 Å². The van der Waals surface area contributed by atoms with E-state index in [1.54, 1.807) is 0 Å². The summed E-state index contributed by atoms with van der Waals surface area (Å²) in [6.07, 6.45) is 4.38. The van der Waals surface area contributed by atoms with Gasteiger partial charge >= 0.3 is 0 Å². The third-order valence-electron chi connectivity index (χ3n) is 3.49. The SMILES string of the molecule is CC1CCn2c(cnc2-c2cccc(N)c2)C1. The van der Waals surface area contributed by atoms with Gasteiger partial charge in [0.15, 0.2) is 0 Å². The lowest BCUT2D eigenvalue weighted by Crippen LogP contribution is -2.17. The maximum atomic E-state index is 5.83. The summed E-state index contributed by atoms with van der Waals surface area (Å²) in [5.41, 5.74) is 9.09. The Kier molecular flexibility index (Phi) is 2.39. The van der Waals surface area contributed by atoms with Gasteiger partial charge < -0.3 is 10.3 Å². The summed E-state index contributed by atoms with van der Waals surface area (Å²) in [7, 11) is 0. The highest BCUT2D eigenvalue weighted by molar-refractivity contribution is 5.61. The highest BCUT2D eigenvalue weighted by Crippen LogP contribution is 2.27. The average Bonchev–Trinajstić information content (AvgIpc) is 2.71. The predicted molar refractivity (Wildman–Crippen MR) is 69.6 cm³/mol. The number of fused-ring (bicyclic) bond motifs is 1. The standard InChI is InChI=1S/C14H17N3/c1-10-5-6-17-13(7-10)9-16-14(17)11-3-2-4-12(15)8-11/h2-4,8-10H,5-7,15H2,1H3. The maximum Gasteiger partial charge on any atom is 0.140 e. The van der Waals surface area contributed by atoms with Gasteiger partial charge in [-0.25, -0.2) is 4.98 Å². The molecule has 2 heterocycles. The van der Waals surface area contributed by atoms with Gasteiger partial charge in [-0.1, -0.05) is 19.1 Å². The fraction of sp³-hybridized carbons (Fsp3) is 0.357. The van der Waals surface area contributed by atoms with Crippen LogP contribution in [0.1, 0.15) is 19.0 Å². The number of nitrogens with zero attached hydrogens (tertiary/aromatic N) is 2. The Balaban J connectivity index is 2.05. The summed E-state index contributed by atoms with van der Waals surface area (Å²) in [4.78, 5) is 4.55. The van der Waals surface area contributed by atoms with Crippen LogP contribution in [0.3, 0.4) is 0 Å². The Morgan fingerprint density at radius 1 is 1.41 bits per heavy atom. The zero-order valence-electron chi connectivity index (χ0n) is 10.1. The van der Waals surface area contributed by atoms with Crippen molar-refractivity contribution in [1.82, 2.24) is 9.55 Å². The van der Waals surface area contributed by atoms with E-state index in [2.05, 4.69) is 22.5 Å². The predicted octanol–water partition coefficient (Wildman–Crippen LogP) is 2.71. The van der Waals surface area contributed by atoms with E-state index in [0.717, 1.165) is 36.0 Å². The molecule has 3 heteroatoms. The highest BCUT2D eigenvalue weighted by atomic mass is 15.1. The summed E-state index contributed by atoms with van der Waals surface area (Å²) < 4.78 is 2.33. The molecule has 0 spiro atoms. The van der Waals surface area contributed by atoms with Crippen molar-refractivity contribution >= 4 is 5.69 Å². The minimum atomic E-state index is 0.771. The van der Waals surface area contributed by atoms with Crippen molar-refractivity contribution in [2.24, 2.45) is 5.92 Å². The van der Waals surface area contributed by atoms with Crippen LogP contribution < -0.4 is 5.73 Å². The minimum absolute atomic E-state index is 0.771. The molecule has 0 fully saturated rings. The maximum absolute atomic E-state index is 5.83. The Labute approximate surface area is 101 Å². The molecular weight excluding hydrogens is 210 g/mol. The Morgan fingerprint density at radius 3 is 3.12 bits per heavy atom. The van der Waals surface area contributed by atoms with E-state index in [9.17, 15) is 0 Å². The van der Waals surface area contributed by atoms with Gasteiger partial charge in [-0.05, 0) is 30.9 Å². The lowest BCUT2D eigenvalue weighted by Gasteiger charge is -2.21. The molecule has 3 nitrogen and oxygen atoms in total. The van der Waals surface area contributed by atoms with Crippen LogP contribution in [0.25, 0.3) is 11.4 Å². The Bertz CT molecular complexity index is 542. The number of aromatic nitrogens is 2. The summed E-state index contributed by atoms with van der Waals surface area (Å²) in [5, 5.41) is 0. The van der Waals surface area contributed by atoms with Crippen LogP contribution in [0.2, 0.25) is 0 Å². The molecule has 0 saturated heterocycles. The number of nitrogen functional groups attached to an aromatic ring is 1. The van der Waals surface area contributed by atoms with Crippen molar-refractivity contribution in [3.05, 3.63) is 36.2 Å². The smallest absolute Gasteiger partial charge is 0.140 e. The summed E-state index contributed by atoms with van der Waals surface area (Å²) in [6.45, 7) is 3.37. The second-order valence-corrected chi connectivity index (χ2v) is 4.95. The van der Waals surface area contributed by atoms with Crippen molar-refractivity contribution in [3.8, 4) is 11.4 Å². The molecule has 1 aliphatic rings. The molecule has 1 atom stereocenters. The zero-order chi connectivity index (χ0) is 11.8. The molecule has 1 aromatic carbocycles. The van der Waals surface area contributed by atoms with Crippen molar-refractivity contribution < 1.29 is 0 Å². The van der Waals surface area contributed by atoms with E-state index in [0.29, 0.717) is 0 Å². The number of rotatable bonds is 1. The molecule has 17 heavy (non-hydrogen) atoms. The molecule has 0 radical (unpaired) electrons. The average molecular weight is 227 g/mol. The van der Waals surface area contributed by atoms with E-state index < -0.39 is 0 Å². The summed E-state index contributed by atoms with van der Waals surface area (Å²) in [6, 6.07) is 7.96. The molecule has 2 aromatic rings. The fourth-order valence-electron chi connectivity index (χ4n) is 2.54. The lowest BCUT2D eigenvalue weighted by atomic mass is 9.98. The van der Waals surface area contributed by atoms with Crippen molar-refractivity contribution in [1.29, 1.82) is 0 Å². The molecule has 1 unspecified atom stereocenters. The minimum Gasteiger partial charge on any atom is -0.399 e. The molecule has 0 saturated carbocycles. The number of benzene rings is 1. The second kappa shape index (κ2) is 3.91. The molecule has 88 valence electrons. The van der Waals surface area contributed by atoms with Gasteiger partial charge in [-0.2, -0.15) is 0 Å². The second-order valence-electron chi connectivity index (χ2n) is 4.95. The van der Waals surface area contributed by atoms with Gasteiger partial charge in [0, 0.05) is 29.7 Å². The number of hydrogen-bond acceptors (Lipinski definition) is 2. The molecule has 1 aliphatic heterocycles. The highest BCUT2D eigenvalue weighted by Gasteiger charge is 2.19. The van der Waals surface area contributed by atoms with Gasteiger partial charge in [0.25, 0.3) is 0 Å². The van der Waals surface area contributed by atoms with Crippen molar-refractivity contribution in [2.75, 3.05) is 5.73 Å². The van der Waals surface area contributed by atoms with Gasteiger partial charge in [0.05, 0.1) is 0 Å². The monoisotopic (exact) mass is 227 g/mol. The van der Waals surface area contributed by atoms with Crippen LogP contribution in [0.15, 0.2) is 30.5 Å². The number of hydrogen-bond donors (Lipinski definition) is 1. The van der Waals surface area contributed by atoms with Crippen LogP contribution in [0.5, 0.6) is 0 Å². The third kappa shape index (κ3) is 1.82.